The van der Waals surface area contributed by atoms with Gasteiger partial charge in [0.1, 0.15) is 5.65 Å². The first kappa shape index (κ1) is 13.4. The summed E-state index contributed by atoms with van der Waals surface area (Å²) < 4.78 is 33.8. The summed E-state index contributed by atoms with van der Waals surface area (Å²) in [7, 11) is -3.94. The van der Waals surface area contributed by atoms with Crippen molar-refractivity contribution in [2.75, 3.05) is 10.5 Å². The molecule has 0 bridgehead atoms. The van der Waals surface area contributed by atoms with Crippen LogP contribution in [-0.2, 0) is 10.0 Å². The van der Waals surface area contributed by atoms with Crippen LogP contribution in [0.25, 0.3) is 5.65 Å². The molecule has 0 radical (unpaired) electrons. The monoisotopic (exact) mass is 307 g/mol. The van der Waals surface area contributed by atoms with Crippen molar-refractivity contribution in [3.8, 4) is 0 Å². The summed E-state index contributed by atoms with van der Waals surface area (Å²) in [5.74, 6) is -0.0135. The predicted octanol–water partition coefficient (Wildman–Crippen LogP) is 1.32. The third-order valence-electron chi connectivity index (χ3n) is 3.15. The van der Waals surface area contributed by atoms with Crippen molar-refractivity contribution in [3.63, 3.8) is 0 Å². The minimum Gasteiger partial charge on any atom is -0.381 e. The van der Waals surface area contributed by atoms with Gasteiger partial charge < -0.3 is 10.3 Å². The van der Waals surface area contributed by atoms with E-state index in [0.29, 0.717) is 16.9 Å². The highest BCUT2D eigenvalue weighted by atomic mass is 32.2. The summed E-state index contributed by atoms with van der Waals surface area (Å²) in [6, 6.07) is 5.10. The Labute approximate surface area is 120 Å². The minimum absolute atomic E-state index is 0.0674. The lowest BCUT2D eigenvalue weighted by molar-refractivity contribution is 0.430. The van der Waals surface area contributed by atoms with Crippen LogP contribution in [0.1, 0.15) is 11.3 Å². The van der Waals surface area contributed by atoms with Crippen LogP contribution >= 0.6 is 0 Å². The average molecular weight is 307 g/mol. The second-order valence-corrected chi connectivity index (χ2v) is 6.16. The van der Waals surface area contributed by atoms with E-state index >= 15 is 0 Å². The summed E-state index contributed by atoms with van der Waals surface area (Å²) in [6.07, 6.45) is 1.58. The number of imidazole rings is 1. The first-order valence-electron chi connectivity index (χ1n) is 6.08. The van der Waals surface area contributed by atoms with Gasteiger partial charge in [0.2, 0.25) is 10.9 Å². The molecule has 0 unspecified atom stereocenters. The van der Waals surface area contributed by atoms with Crippen LogP contribution in [0.5, 0.6) is 0 Å². The molecule has 9 heteroatoms. The molecule has 110 valence electrons. The number of fused-ring (bicyclic) bond motifs is 1. The molecule has 3 aromatic rings. The van der Waals surface area contributed by atoms with E-state index in [1.807, 2.05) is 0 Å². The summed E-state index contributed by atoms with van der Waals surface area (Å²) in [5.41, 5.74) is 7.41. The van der Waals surface area contributed by atoms with E-state index in [0.717, 1.165) is 0 Å². The molecule has 0 fully saturated rings. The Balaban J connectivity index is 2.13. The number of aryl methyl sites for hydroxylation is 1. The maximum Gasteiger partial charge on any atom is 0.284 e. The predicted molar refractivity (Wildman–Crippen MR) is 76.4 cm³/mol. The number of rotatable bonds is 3. The molecule has 0 amide bonds. The number of nitrogen functional groups attached to an aromatic ring is 1. The molecule has 21 heavy (non-hydrogen) atoms. The van der Waals surface area contributed by atoms with Crippen LogP contribution in [-0.4, -0.2) is 23.0 Å². The number of nitrogens with zero attached hydrogens (tertiary/aromatic N) is 3. The van der Waals surface area contributed by atoms with E-state index in [1.54, 1.807) is 38.2 Å². The van der Waals surface area contributed by atoms with Gasteiger partial charge in [-0.15, -0.1) is 0 Å². The lowest BCUT2D eigenvalue weighted by Crippen LogP contribution is -2.16. The van der Waals surface area contributed by atoms with E-state index in [9.17, 15) is 8.42 Å². The number of hydrogen-bond acceptors (Lipinski definition) is 6. The van der Waals surface area contributed by atoms with Crippen molar-refractivity contribution in [2.45, 2.75) is 18.9 Å². The standard InChI is InChI=1S/C12H13N5O3S/c1-7-8(2)15-20-11(7)16-21(18,19)12-10(13)14-9-5-3-4-6-17(9)12/h3-6,16H,13H2,1-2H3. The summed E-state index contributed by atoms with van der Waals surface area (Å²) in [5, 5.41) is 3.58. The van der Waals surface area contributed by atoms with E-state index < -0.39 is 10.0 Å². The molecule has 8 nitrogen and oxygen atoms in total. The van der Waals surface area contributed by atoms with Crippen LogP contribution in [0.3, 0.4) is 0 Å². The minimum atomic E-state index is -3.94. The molecule has 3 rings (SSSR count). The van der Waals surface area contributed by atoms with E-state index in [2.05, 4.69) is 14.9 Å². The number of anilines is 2. The van der Waals surface area contributed by atoms with Crippen LogP contribution in [0.15, 0.2) is 33.9 Å². The Morgan fingerprint density at radius 1 is 1.33 bits per heavy atom. The van der Waals surface area contributed by atoms with Crippen LogP contribution in [0.4, 0.5) is 11.7 Å². The molecule has 0 saturated heterocycles. The fourth-order valence-corrected chi connectivity index (χ4v) is 3.21. The molecule has 0 saturated carbocycles. The molecule has 0 aliphatic heterocycles. The highest BCUT2D eigenvalue weighted by molar-refractivity contribution is 7.92. The second-order valence-electron chi connectivity index (χ2n) is 4.56. The van der Waals surface area contributed by atoms with Gasteiger partial charge in [-0.25, -0.2) is 9.71 Å². The second kappa shape index (κ2) is 4.48. The third-order valence-corrected chi connectivity index (χ3v) is 4.52. The number of sulfonamides is 1. The Morgan fingerprint density at radius 2 is 2.10 bits per heavy atom. The fourth-order valence-electron chi connectivity index (χ4n) is 1.94. The Morgan fingerprint density at radius 3 is 2.76 bits per heavy atom. The van der Waals surface area contributed by atoms with Crippen LogP contribution < -0.4 is 10.5 Å². The lowest BCUT2D eigenvalue weighted by Gasteiger charge is -2.06. The average Bonchev–Trinajstić information content (AvgIpc) is 2.92. The molecule has 3 N–H and O–H groups in total. The molecule has 0 aromatic carbocycles. The van der Waals surface area contributed by atoms with Crippen molar-refractivity contribution in [2.24, 2.45) is 0 Å². The maximum atomic E-state index is 12.5. The number of pyridine rings is 1. The zero-order valence-electron chi connectivity index (χ0n) is 11.4. The van der Waals surface area contributed by atoms with Crippen molar-refractivity contribution in [1.82, 2.24) is 14.5 Å². The molecule has 3 heterocycles. The molecule has 0 aliphatic carbocycles. The van der Waals surface area contributed by atoms with Gasteiger partial charge in [-0.05, 0) is 26.0 Å². The maximum absolute atomic E-state index is 12.5. The Kier molecular flexibility index (Phi) is 2.87. The zero-order chi connectivity index (χ0) is 15.2. The van der Waals surface area contributed by atoms with Gasteiger partial charge in [0.15, 0.2) is 5.82 Å². The highest BCUT2D eigenvalue weighted by Crippen LogP contribution is 2.25. The van der Waals surface area contributed by atoms with Crippen LogP contribution in [0, 0.1) is 13.8 Å². The van der Waals surface area contributed by atoms with Gasteiger partial charge in [0.25, 0.3) is 10.0 Å². The lowest BCUT2D eigenvalue weighted by atomic mass is 10.3. The van der Waals surface area contributed by atoms with Gasteiger partial charge in [-0.1, -0.05) is 11.2 Å². The van der Waals surface area contributed by atoms with Crippen molar-refractivity contribution in [1.29, 1.82) is 0 Å². The quantitative estimate of drug-likeness (QED) is 0.754. The van der Waals surface area contributed by atoms with E-state index in [-0.39, 0.29) is 16.7 Å². The normalized spacial score (nSPS) is 11.9. The molecule has 0 atom stereocenters. The van der Waals surface area contributed by atoms with Gasteiger partial charge in [-0.3, -0.25) is 4.40 Å². The molecular weight excluding hydrogens is 294 g/mol. The third kappa shape index (κ3) is 2.11. The van der Waals surface area contributed by atoms with Gasteiger partial charge in [0, 0.05) is 11.8 Å². The van der Waals surface area contributed by atoms with Crippen LogP contribution in [0.2, 0.25) is 0 Å². The van der Waals surface area contributed by atoms with Crippen molar-refractivity contribution in [3.05, 3.63) is 35.7 Å². The topological polar surface area (TPSA) is 116 Å². The van der Waals surface area contributed by atoms with Crippen molar-refractivity contribution < 1.29 is 12.9 Å². The van der Waals surface area contributed by atoms with Gasteiger partial charge in [0.05, 0.1) is 5.69 Å². The van der Waals surface area contributed by atoms with E-state index in [1.165, 1.54) is 4.40 Å². The largest absolute Gasteiger partial charge is 0.381 e. The first-order valence-corrected chi connectivity index (χ1v) is 7.57. The van der Waals surface area contributed by atoms with E-state index in [4.69, 9.17) is 10.3 Å². The Hall–Kier alpha value is -2.55. The zero-order valence-corrected chi connectivity index (χ0v) is 12.2. The number of nitrogens with one attached hydrogen (secondary N) is 1. The molecular formula is C12H13N5O3S. The molecule has 3 aromatic heterocycles. The first-order chi connectivity index (χ1) is 9.90. The smallest absolute Gasteiger partial charge is 0.284 e. The Bertz CT molecular complexity index is 926. The number of nitrogens with two attached hydrogens (primary N) is 1. The molecule has 0 aliphatic rings. The number of aromatic nitrogens is 3. The number of hydrogen-bond donors (Lipinski definition) is 2. The highest BCUT2D eigenvalue weighted by Gasteiger charge is 2.26. The SMILES string of the molecule is Cc1noc(NS(=O)(=O)c2c(N)nc3ccccn23)c1C. The van der Waals surface area contributed by atoms with Gasteiger partial charge >= 0.3 is 0 Å². The molecule has 0 spiro atoms. The fraction of sp³-hybridized carbons (Fsp3) is 0.167. The summed E-state index contributed by atoms with van der Waals surface area (Å²) in [4.78, 5) is 4.02. The van der Waals surface area contributed by atoms with Gasteiger partial charge in [-0.2, -0.15) is 8.42 Å². The van der Waals surface area contributed by atoms with Crippen molar-refractivity contribution >= 4 is 27.4 Å². The summed E-state index contributed by atoms with van der Waals surface area (Å²) >= 11 is 0. The summed E-state index contributed by atoms with van der Waals surface area (Å²) in [6.45, 7) is 3.43.